The molecule has 0 spiro atoms. The van der Waals surface area contributed by atoms with Crippen molar-refractivity contribution in [1.82, 2.24) is 15.5 Å². The van der Waals surface area contributed by atoms with E-state index in [2.05, 4.69) is 22.4 Å². The minimum absolute atomic E-state index is 0.0876. The number of carbonyl (C=O) groups excluding carboxylic acids is 1. The van der Waals surface area contributed by atoms with E-state index in [-0.39, 0.29) is 11.9 Å². The summed E-state index contributed by atoms with van der Waals surface area (Å²) >= 11 is 0. The van der Waals surface area contributed by atoms with Gasteiger partial charge in [0.1, 0.15) is 5.75 Å². The van der Waals surface area contributed by atoms with Crippen LogP contribution in [0.15, 0.2) is 30.5 Å². The van der Waals surface area contributed by atoms with Gasteiger partial charge in [-0.3, -0.25) is 9.89 Å². The summed E-state index contributed by atoms with van der Waals surface area (Å²) in [6, 6.07) is 7.78. The molecule has 2 rings (SSSR count). The summed E-state index contributed by atoms with van der Waals surface area (Å²) in [5.41, 5.74) is 2.18. The van der Waals surface area contributed by atoms with Crippen LogP contribution >= 0.6 is 0 Å². The van der Waals surface area contributed by atoms with Crippen LogP contribution in [-0.4, -0.2) is 28.8 Å². The summed E-state index contributed by atoms with van der Waals surface area (Å²) in [4.78, 5) is 12.2. The number of benzene rings is 1. The zero-order valence-corrected chi connectivity index (χ0v) is 13.3. The number of nitrogens with zero attached hydrogens (tertiary/aromatic N) is 1. The van der Waals surface area contributed by atoms with Gasteiger partial charge in [0, 0.05) is 11.6 Å². The van der Waals surface area contributed by atoms with Gasteiger partial charge in [-0.25, -0.2) is 0 Å². The van der Waals surface area contributed by atoms with E-state index in [9.17, 15) is 4.79 Å². The van der Waals surface area contributed by atoms with E-state index < -0.39 is 0 Å². The van der Waals surface area contributed by atoms with E-state index in [1.165, 1.54) is 0 Å². The van der Waals surface area contributed by atoms with Crippen molar-refractivity contribution in [2.24, 2.45) is 0 Å². The van der Waals surface area contributed by atoms with Crippen molar-refractivity contribution in [3.8, 4) is 17.0 Å². The van der Waals surface area contributed by atoms with Gasteiger partial charge in [0.05, 0.1) is 24.1 Å². The molecule has 2 aromatic rings. The number of aromatic amines is 1. The zero-order valence-electron chi connectivity index (χ0n) is 13.3. The maximum Gasteiger partial charge on any atom is 0.255 e. The molecular formula is C17H23N3O2. The van der Waals surface area contributed by atoms with Crippen molar-refractivity contribution in [2.45, 2.75) is 39.7 Å². The maximum atomic E-state index is 12.2. The van der Waals surface area contributed by atoms with Gasteiger partial charge < -0.3 is 10.1 Å². The number of unbranched alkanes of at least 4 members (excludes halogenated alkanes) is 1. The van der Waals surface area contributed by atoms with Crippen LogP contribution in [0.5, 0.6) is 5.75 Å². The molecule has 0 unspecified atom stereocenters. The lowest BCUT2D eigenvalue weighted by atomic mass is 10.1. The van der Waals surface area contributed by atoms with Crippen LogP contribution < -0.4 is 10.1 Å². The van der Waals surface area contributed by atoms with E-state index in [1.54, 1.807) is 6.20 Å². The van der Waals surface area contributed by atoms with E-state index in [1.807, 2.05) is 38.1 Å². The Morgan fingerprint density at radius 2 is 2.05 bits per heavy atom. The van der Waals surface area contributed by atoms with Crippen LogP contribution in [-0.2, 0) is 0 Å². The Morgan fingerprint density at radius 3 is 2.68 bits per heavy atom. The normalized spacial score (nSPS) is 10.7. The number of carbonyl (C=O) groups is 1. The number of hydrogen-bond donors (Lipinski definition) is 2. The third-order valence-electron chi connectivity index (χ3n) is 3.21. The molecule has 1 amide bonds. The minimum atomic E-state index is -0.123. The molecule has 0 fully saturated rings. The van der Waals surface area contributed by atoms with Gasteiger partial charge in [0.25, 0.3) is 5.91 Å². The smallest absolute Gasteiger partial charge is 0.255 e. The lowest BCUT2D eigenvalue weighted by molar-refractivity contribution is 0.0944. The van der Waals surface area contributed by atoms with E-state index >= 15 is 0 Å². The number of rotatable bonds is 7. The topological polar surface area (TPSA) is 67.0 Å². The van der Waals surface area contributed by atoms with Crippen molar-refractivity contribution in [1.29, 1.82) is 0 Å². The molecule has 2 N–H and O–H groups in total. The number of H-pyrrole nitrogens is 1. The minimum Gasteiger partial charge on any atom is -0.494 e. The Kier molecular flexibility index (Phi) is 5.58. The molecule has 0 saturated carbocycles. The van der Waals surface area contributed by atoms with Gasteiger partial charge in [0.15, 0.2) is 0 Å². The first-order chi connectivity index (χ1) is 10.6. The quantitative estimate of drug-likeness (QED) is 0.770. The molecule has 5 heteroatoms. The lowest BCUT2D eigenvalue weighted by Crippen LogP contribution is -2.30. The highest BCUT2D eigenvalue weighted by Crippen LogP contribution is 2.24. The molecule has 0 atom stereocenters. The number of aromatic nitrogens is 2. The molecule has 0 saturated heterocycles. The number of hydrogen-bond acceptors (Lipinski definition) is 3. The number of amides is 1. The van der Waals surface area contributed by atoms with Crippen molar-refractivity contribution in [3.05, 3.63) is 36.0 Å². The van der Waals surface area contributed by atoms with Crippen LogP contribution in [0, 0.1) is 0 Å². The molecule has 0 aliphatic rings. The third kappa shape index (κ3) is 4.10. The van der Waals surface area contributed by atoms with Crippen molar-refractivity contribution < 1.29 is 9.53 Å². The second-order valence-corrected chi connectivity index (χ2v) is 5.51. The summed E-state index contributed by atoms with van der Waals surface area (Å²) in [5.74, 6) is 0.715. The average Bonchev–Trinajstić information content (AvgIpc) is 2.97. The van der Waals surface area contributed by atoms with E-state index in [0.29, 0.717) is 5.56 Å². The Labute approximate surface area is 131 Å². The van der Waals surface area contributed by atoms with Crippen molar-refractivity contribution in [3.63, 3.8) is 0 Å². The fraction of sp³-hybridized carbons (Fsp3) is 0.412. The first-order valence-electron chi connectivity index (χ1n) is 7.69. The highest BCUT2D eigenvalue weighted by Gasteiger charge is 2.15. The Hall–Kier alpha value is -2.30. The average molecular weight is 301 g/mol. The van der Waals surface area contributed by atoms with Crippen molar-refractivity contribution >= 4 is 5.91 Å². The Morgan fingerprint density at radius 1 is 1.32 bits per heavy atom. The Bertz CT molecular complexity index is 603. The predicted octanol–water partition coefficient (Wildman–Crippen LogP) is 3.39. The lowest BCUT2D eigenvalue weighted by Gasteiger charge is -2.09. The fourth-order valence-corrected chi connectivity index (χ4v) is 2.07. The third-order valence-corrected chi connectivity index (χ3v) is 3.21. The summed E-state index contributed by atoms with van der Waals surface area (Å²) in [6.07, 6.45) is 3.71. The standard InChI is InChI=1S/C17H23N3O2/c1-4-5-10-22-14-8-6-13(7-9-14)16-15(11-18-20-16)17(21)19-12(2)3/h6-9,11-12H,4-5,10H2,1-3H3,(H,18,20)(H,19,21). The van der Waals surface area contributed by atoms with Crippen LogP contribution in [0.2, 0.25) is 0 Å². The molecule has 1 aromatic carbocycles. The highest BCUT2D eigenvalue weighted by molar-refractivity contribution is 5.99. The molecule has 1 heterocycles. The monoisotopic (exact) mass is 301 g/mol. The van der Waals surface area contributed by atoms with Crippen LogP contribution in [0.25, 0.3) is 11.3 Å². The molecule has 22 heavy (non-hydrogen) atoms. The van der Waals surface area contributed by atoms with Gasteiger partial charge in [-0.1, -0.05) is 13.3 Å². The fourth-order valence-electron chi connectivity index (χ4n) is 2.07. The van der Waals surface area contributed by atoms with Gasteiger partial charge >= 0.3 is 0 Å². The summed E-state index contributed by atoms with van der Waals surface area (Å²) in [7, 11) is 0. The zero-order chi connectivity index (χ0) is 15.9. The Balaban J connectivity index is 2.12. The molecule has 118 valence electrons. The maximum absolute atomic E-state index is 12.2. The van der Waals surface area contributed by atoms with E-state index in [0.717, 1.165) is 36.5 Å². The van der Waals surface area contributed by atoms with Gasteiger partial charge in [0.2, 0.25) is 0 Å². The molecule has 5 nitrogen and oxygen atoms in total. The van der Waals surface area contributed by atoms with Gasteiger partial charge in [-0.2, -0.15) is 5.10 Å². The second kappa shape index (κ2) is 7.64. The molecule has 0 aliphatic carbocycles. The number of nitrogens with one attached hydrogen (secondary N) is 2. The van der Waals surface area contributed by atoms with Gasteiger partial charge in [-0.05, 0) is 44.5 Å². The van der Waals surface area contributed by atoms with Crippen LogP contribution in [0.4, 0.5) is 0 Å². The molecular weight excluding hydrogens is 278 g/mol. The summed E-state index contributed by atoms with van der Waals surface area (Å²) < 4.78 is 5.64. The molecule has 1 aromatic heterocycles. The second-order valence-electron chi connectivity index (χ2n) is 5.51. The van der Waals surface area contributed by atoms with Gasteiger partial charge in [-0.15, -0.1) is 0 Å². The first-order valence-corrected chi connectivity index (χ1v) is 7.69. The first kappa shape index (κ1) is 16.1. The summed E-state index contributed by atoms with van der Waals surface area (Å²) in [6.45, 7) is 6.72. The van der Waals surface area contributed by atoms with Crippen molar-refractivity contribution in [2.75, 3.05) is 6.61 Å². The predicted molar refractivity (Wildman–Crippen MR) is 87.0 cm³/mol. The van der Waals surface area contributed by atoms with Crippen LogP contribution in [0.1, 0.15) is 44.0 Å². The SMILES string of the molecule is CCCCOc1ccc(-c2[nH]ncc2C(=O)NC(C)C)cc1. The molecule has 0 radical (unpaired) electrons. The highest BCUT2D eigenvalue weighted by atomic mass is 16.5. The largest absolute Gasteiger partial charge is 0.494 e. The molecule has 0 bridgehead atoms. The van der Waals surface area contributed by atoms with E-state index in [4.69, 9.17) is 4.74 Å². The number of ether oxygens (including phenoxy) is 1. The van der Waals surface area contributed by atoms with Crippen LogP contribution in [0.3, 0.4) is 0 Å². The molecule has 0 aliphatic heterocycles. The summed E-state index contributed by atoms with van der Waals surface area (Å²) in [5, 5.41) is 9.77.